The van der Waals surface area contributed by atoms with Gasteiger partial charge >= 0.3 is 19.1 Å². The SMILES string of the molecule is O=C1OB2O[C@]1(O)[C@](O)([C@H](O)[C@H](O)CO[C@H]1O[C@H](CO[C@H]3O[C@H](CO)[C@@H](O)[C@H](O)[C@H]3O)[C@@H](O)[C@H](O)[C@H]1O)O2. The van der Waals surface area contributed by atoms with Crippen LogP contribution in [0.1, 0.15) is 0 Å². The number of hydrogen-bond donors (Lipinski definition) is 11. The van der Waals surface area contributed by atoms with Crippen LogP contribution in [0.3, 0.4) is 0 Å². The van der Waals surface area contributed by atoms with Gasteiger partial charge in [0.25, 0.3) is 5.79 Å². The van der Waals surface area contributed by atoms with Gasteiger partial charge in [-0.1, -0.05) is 0 Å². The Balaban J connectivity index is 1.34. The molecule has 218 valence electrons. The van der Waals surface area contributed by atoms with E-state index in [-0.39, 0.29) is 0 Å². The normalized spacial score (nSPS) is 48.7. The highest BCUT2D eigenvalue weighted by Gasteiger charge is 2.78. The zero-order valence-corrected chi connectivity index (χ0v) is 19.3. The maximum absolute atomic E-state index is 11.7. The van der Waals surface area contributed by atoms with Gasteiger partial charge in [0, 0.05) is 0 Å². The Morgan fingerprint density at radius 3 is 1.92 bits per heavy atom. The van der Waals surface area contributed by atoms with Crippen LogP contribution in [0.4, 0.5) is 0 Å². The molecule has 20 heteroatoms. The van der Waals surface area contributed by atoms with E-state index in [1.807, 2.05) is 0 Å². The minimum atomic E-state index is -3.17. The van der Waals surface area contributed by atoms with Gasteiger partial charge in [-0.25, -0.2) is 4.79 Å². The van der Waals surface area contributed by atoms with Gasteiger partial charge < -0.3 is 89.1 Å². The third-order valence-electron chi connectivity index (χ3n) is 6.65. The van der Waals surface area contributed by atoms with Crippen molar-refractivity contribution in [1.82, 2.24) is 0 Å². The maximum atomic E-state index is 11.7. The first-order chi connectivity index (χ1) is 17.7. The standard InChI is InChI=1S/C18H29BO19/c20-1-5-7(22)9(24)11(26)15(34-5)33-3-6-8(23)10(25)12(27)14(35-6)32-2-4(21)13(28)17(30)18(31)16(29)36-19(37-17)38-18/h4-15,20-28,30-31H,1-3H2/t4-,5-,6-,7-,8-,9+,10+,11-,12-,13-,14+,15+,17+,18+/m1/s1. The van der Waals surface area contributed by atoms with Crippen LogP contribution < -0.4 is 0 Å². The second-order valence-electron chi connectivity index (χ2n) is 9.16. The van der Waals surface area contributed by atoms with E-state index >= 15 is 0 Å². The number of fused-ring (bicyclic) bond motifs is 2. The van der Waals surface area contributed by atoms with Crippen molar-refractivity contribution in [2.45, 2.75) is 85.2 Å². The Morgan fingerprint density at radius 2 is 1.37 bits per heavy atom. The van der Waals surface area contributed by atoms with Crippen molar-refractivity contribution in [2.24, 2.45) is 0 Å². The van der Waals surface area contributed by atoms with E-state index in [0.717, 1.165) is 0 Å². The van der Waals surface area contributed by atoms with Gasteiger partial charge in [0.15, 0.2) is 12.6 Å². The molecule has 4 aliphatic heterocycles. The molecule has 4 heterocycles. The minimum Gasteiger partial charge on any atom is -0.481 e. The topological polar surface area (TPSA) is 304 Å². The third kappa shape index (κ3) is 4.95. The van der Waals surface area contributed by atoms with E-state index in [2.05, 4.69) is 9.31 Å². The fourth-order valence-corrected chi connectivity index (χ4v) is 4.29. The Hall–Kier alpha value is -1.15. The molecular formula is C18H29BO19. The monoisotopic (exact) mass is 560 g/mol. The van der Waals surface area contributed by atoms with Crippen LogP contribution >= 0.6 is 0 Å². The molecule has 0 saturated carbocycles. The van der Waals surface area contributed by atoms with Crippen molar-refractivity contribution in [1.29, 1.82) is 0 Å². The molecule has 38 heavy (non-hydrogen) atoms. The number of aliphatic hydroxyl groups is 11. The van der Waals surface area contributed by atoms with Crippen molar-refractivity contribution in [3.63, 3.8) is 0 Å². The van der Waals surface area contributed by atoms with Crippen molar-refractivity contribution in [3.05, 3.63) is 0 Å². The van der Waals surface area contributed by atoms with E-state index < -0.39 is 118 Å². The predicted molar refractivity (Wildman–Crippen MR) is 108 cm³/mol. The van der Waals surface area contributed by atoms with Gasteiger partial charge in [-0.15, -0.1) is 0 Å². The second-order valence-corrected chi connectivity index (χ2v) is 9.16. The second kappa shape index (κ2) is 11.0. The summed E-state index contributed by atoms with van der Waals surface area (Å²) < 4.78 is 34.6. The molecule has 0 spiro atoms. The number of aliphatic hydroxyl groups excluding tert-OH is 9. The van der Waals surface area contributed by atoms with Gasteiger partial charge in [-0.3, -0.25) is 0 Å². The minimum absolute atomic E-state index is 0.653. The fraction of sp³-hybridized carbons (Fsp3) is 0.944. The van der Waals surface area contributed by atoms with Crippen molar-refractivity contribution in [2.75, 3.05) is 19.8 Å². The van der Waals surface area contributed by atoms with Gasteiger partial charge in [0.1, 0.15) is 61.0 Å². The van der Waals surface area contributed by atoms with E-state index in [4.69, 9.17) is 23.6 Å². The lowest BCUT2D eigenvalue weighted by Crippen LogP contribution is -2.67. The third-order valence-corrected chi connectivity index (χ3v) is 6.65. The molecular weight excluding hydrogens is 531 g/mol. The molecule has 11 N–H and O–H groups in total. The first kappa shape index (κ1) is 29.8. The molecule has 0 aromatic heterocycles. The van der Waals surface area contributed by atoms with Gasteiger partial charge in [0.05, 0.1) is 19.8 Å². The molecule has 4 aliphatic rings. The molecule has 19 nitrogen and oxygen atoms in total. The van der Waals surface area contributed by atoms with Crippen molar-refractivity contribution < 1.29 is 93.9 Å². The number of carbonyl (C=O) groups excluding carboxylic acids is 1. The van der Waals surface area contributed by atoms with Crippen molar-refractivity contribution in [3.8, 4) is 0 Å². The number of rotatable bonds is 9. The van der Waals surface area contributed by atoms with Crippen LogP contribution in [0.25, 0.3) is 0 Å². The molecule has 0 aromatic carbocycles. The summed E-state index contributed by atoms with van der Waals surface area (Å²) in [6.07, 6.45) is -21.5. The quantitative estimate of drug-likeness (QED) is 0.117. The summed E-state index contributed by atoms with van der Waals surface area (Å²) in [5.41, 5.74) is 0. The van der Waals surface area contributed by atoms with Crippen LogP contribution in [-0.2, 0) is 37.7 Å². The zero-order valence-electron chi connectivity index (χ0n) is 19.3. The molecule has 0 unspecified atom stereocenters. The lowest BCUT2D eigenvalue weighted by molar-refractivity contribution is -0.344. The van der Waals surface area contributed by atoms with Crippen LogP contribution in [0, 0.1) is 0 Å². The summed E-state index contributed by atoms with van der Waals surface area (Å²) in [4.78, 5) is 11.7. The van der Waals surface area contributed by atoms with Crippen LogP contribution in [0.2, 0.25) is 0 Å². The first-order valence-corrected chi connectivity index (χ1v) is 11.4. The number of ether oxygens (including phenoxy) is 4. The average molecular weight is 560 g/mol. The van der Waals surface area contributed by atoms with Crippen LogP contribution in [0.15, 0.2) is 0 Å². The smallest absolute Gasteiger partial charge is 0.481 e. The van der Waals surface area contributed by atoms with Gasteiger partial charge in [0.2, 0.25) is 0 Å². The van der Waals surface area contributed by atoms with Crippen LogP contribution in [-0.4, -0.2) is 174 Å². The lowest BCUT2D eigenvalue weighted by atomic mass is 9.95. The highest BCUT2D eigenvalue weighted by atomic mass is 16.9. The summed E-state index contributed by atoms with van der Waals surface area (Å²) in [5.74, 6) is -7.82. The lowest BCUT2D eigenvalue weighted by Gasteiger charge is -2.43. The summed E-state index contributed by atoms with van der Waals surface area (Å²) in [5, 5.41) is 111. The summed E-state index contributed by atoms with van der Waals surface area (Å²) in [6.45, 7) is -2.35. The summed E-state index contributed by atoms with van der Waals surface area (Å²) in [7, 11) is -1.86. The molecule has 2 bridgehead atoms. The average Bonchev–Trinajstić information content (AvgIpc) is 3.32. The Labute approximate surface area is 213 Å². The van der Waals surface area contributed by atoms with Gasteiger partial charge in [-0.05, 0) is 0 Å². The summed E-state index contributed by atoms with van der Waals surface area (Å²) >= 11 is 0. The number of carbonyl (C=O) groups is 1. The van der Waals surface area contributed by atoms with Gasteiger partial charge in [-0.2, -0.15) is 0 Å². The highest BCUT2D eigenvalue weighted by Crippen LogP contribution is 2.43. The molecule has 0 radical (unpaired) electrons. The largest absolute Gasteiger partial charge is 0.720 e. The molecule has 4 saturated heterocycles. The van der Waals surface area contributed by atoms with E-state index in [1.165, 1.54) is 0 Å². The fourth-order valence-electron chi connectivity index (χ4n) is 4.29. The number of hydrogen-bond acceptors (Lipinski definition) is 19. The zero-order chi connectivity index (χ0) is 28.2. The molecule has 0 aliphatic carbocycles. The summed E-state index contributed by atoms with van der Waals surface area (Å²) in [6, 6.07) is 0. The van der Waals surface area contributed by atoms with Crippen molar-refractivity contribution >= 4 is 13.3 Å². The Kier molecular flexibility index (Phi) is 8.65. The molecule has 4 fully saturated rings. The Bertz CT molecular complexity index is 851. The van der Waals surface area contributed by atoms with Crippen LogP contribution in [0.5, 0.6) is 0 Å². The molecule has 0 aromatic rings. The molecule has 4 rings (SSSR count). The maximum Gasteiger partial charge on any atom is 0.720 e. The highest BCUT2D eigenvalue weighted by molar-refractivity contribution is 6.44. The predicted octanol–water partition coefficient (Wildman–Crippen LogP) is -8.69. The van der Waals surface area contributed by atoms with E-state index in [1.54, 1.807) is 0 Å². The first-order valence-electron chi connectivity index (χ1n) is 11.4. The van der Waals surface area contributed by atoms with E-state index in [9.17, 15) is 61.0 Å². The van der Waals surface area contributed by atoms with E-state index in [0.29, 0.717) is 0 Å². The molecule has 0 amide bonds. The Morgan fingerprint density at radius 1 is 0.816 bits per heavy atom. The molecule has 14 atom stereocenters.